The molecule has 14 heavy (non-hydrogen) atoms. The average molecular weight is 206 g/mol. The van der Waals surface area contributed by atoms with Crippen LogP contribution in [0.3, 0.4) is 0 Å². The molecular formula is C11H14N2S. The molecule has 1 aliphatic heterocycles. The summed E-state index contributed by atoms with van der Waals surface area (Å²) < 4.78 is 0. The molecule has 0 bridgehead atoms. The molecule has 0 aromatic heterocycles. The molecule has 0 saturated heterocycles. The number of benzene rings is 1. The summed E-state index contributed by atoms with van der Waals surface area (Å²) in [5.41, 5.74) is 9.08. The summed E-state index contributed by atoms with van der Waals surface area (Å²) in [6.45, 7) is 2.01. The van der Waals surface area contributed by atoms with Gasteiger partial charge >= 0.3 is 0 Å². The molecule has 3 heteroatoms. The summed E-state index contributed by atoms with van der Waals surface area (Å²) in [5, 5.41) is 3.29. The fourth-order valence-electron chi connectivity index (χ4n) is 1.63. The summed E-state index contributed by atoms with van der Waals surface area (Å²) in [6, 6.07) is 6.02. The maximum Gasteiger partial charge on any atom is 0.0450 e. The second-order valence-corrected chi connectivity index (χ2v) is 3.94. The van der Waals surface area contributed by atoms with Gasteiger partial charge in [0.25, 0.3) is 0 Å². The van der Waals surface area contributed by atoms with Gasteiger partial charge < -0.3 is 11.1 Å². The highest BCUT2D eigenvalue weighted by Gasteiger charge is 2.06. The van der Waals surface area contributed by atoms with Crippen molar-refractivity contribution in [2.45, 2.75) is 11.3 Å². The average Bonchev–Trinajstić information content (AvgIpc) is 2.23. The van der Waals surface area contributed by atoms with Crippen LogP contribution in [0.15, 0.2) is 29.2 Å². The Bertz CT molecular complexity index is 372. The maximum atomic E-state index is 5.71. The van der Waals surface area contributed by atoms with Gasteiger partial charge in [0.1, 0.15) is 0 Å². The minimum Gasteiger partial charge on any atom is -0.398 e. The van der Waals surface area contributed by atoms with Gasteiger partial charge in [-0.05, 0) is 36.2 Å². The van der Waals surface area contributed by atoms with E-state index < -0.39 is 0 Å². The molecule has 1 aromatic carbocycles. The number of thiol groups is 1. The Morgan fingerprint density at radius 3 is 2.86 bits per heavy atom. The Labute approximate surface area is 89.6 Å². The Balaban J connectivity index is 2.32. The quantitative estimate of drug-likeness (QED) is 0.485. The van der Waals surface area contributed by atoms with Crippen molar-refractivity contribution in [1.82, 2.24) is 5.32 Å². The second-order valence-electron chi connectivity index (χ2n) is 3.46. The van der Waals surface area contributed by atoms with E-state index in [0.29, 0.717) is 0 Å². The Morgan fingerprint density at radius 2 is 2.21 bits per heavy atom. The van der Waals surface area contributed by atoms with Crippen LogP contribution in [-0.4, -0.2) is 13.1 Å². The van der Waals surface area contributed by atoms with Gasteiger partial charge in [0.05, 0.1) is 0 Å². The van der Waals surface area contributed by atoms with E-state index >= 15 is 0 Å². The molecule has 3 N–H and O–H groups in total. The van der Waals surface area contributed by atoms with Gasteiger partial charge in [-0.3, -0.25) is 0 Å². The monoisotopic (exact) mass is 206 g/mol. The van der Waals surface area contributed by atoms with Crippen molar-refractivity contribution in [3.05, 3.63) is 29.8 Å². The number of nitrogens with one attached hydrogen (secondary N) is 1. The largest absolute Gasteiger partial charge is 0.398 e. The second kappa shape index (κ2) is 4.07. The zero-order chi connectivity index (χ0) is 9.97. The molecule has 1 heterocycles. The minimum atomic E-state index is 0.742. The lowest BCUT2D eigenvalue weighted by Gasteiger charge is -2.14. The van der Waals surface area contributed by atoms with Crippen molar-refractivity contribution in [2.24, 2.45) is 0 Å². The number of rotatable bonds is 1. The fourth-order valence-corrected chi connectivity index (χ4v) is 1.84. The topological polar surface area (TPSA) is 38.0 Å². The predicted molar refractivity (Wildman–Crippen MR) is 63.6 cm³/mol. The van der Waals surface area contributed by atoms with E-state index in [0.717, 1.165) is 30.1 Å². The van der Waals surface area contributed by atoms with E-state index in [4.69, 9.17) is 5.73 Å². The van der Waals surface area contributed by atoms with E-state index in [1.807, 2.05) is 12.1 Å². The first-order valence-electron chi connectivity index (χ1n) is 4.76. The Kier molecular flexibility index (Phi) is 2.79. The third-order valence-corrected chi connectivity index (χ3v) is 2.85. The van der Waals surface area contributed by atoms with Crippen LogP contribution in [0.5, 0.6) is 0 Å². The summed E-state index contributed by atoms with van der Waals surface area (Å²) in [7, 11) is 0. The van der Waals surface area contributed by atoms with Gasteiger partial charge in [0.15, 0.2) is 0 Å². The molecule has 0 spiro atoms. The molecule has 0 aliphatic carbocycles. The highest BCUT2D eigenvalue weighted by atomic mass is 32.1. The molecule has 0 unspecified atom stereocenters. The van der Waals surface area contributed by atoms with Crippen molar-refractivity contribution in [1.29, 1.82) is 0 Å². The van der Waals surface area contributed by atoms with E-state index in [1.54, 1.807) is 0 Å². The highest BCUT2D eigenvalue weighted by molar-refractivity contribution is 7.80. The number of nitrogen functional groups attached to an aromatic ring is 1. The molecule has 0 radical (unpaired) electrons. The van der Waals surface area contributed by atoms with Gasteiger partial charge in [-0.1, -0.05) is 12.1 Å². The first kappa shape index (κ1) is 9.62. The SMILES string of the molecule is Nc1ccc(C2=CCNCC2)cc1S. The number of nitrogens with two attached hydrogens (primary N) is 1. The van der Waals surface area contributed by atoms with Gasteiger partial charge in [-0.25, -0.2) is 0 Å². The lowest BCUT2D eigenvalue weighted by molar-refractivity contribution is 0.738. The van der Waals surface area contributed by atoms with Crippen molar-refractivity contribution in [2.75, 3.05) is 18.8 Å². The van der Waals surface area contributed by atoms with Crippen LogP contribution >= 0.6 is 12.6 Å². The van der Waals surface area contributed by atoms with E-state index in [9.17, 15) is 0 Å². The van der Waals surface area contributed by atoms with Crippen LogP contribution in [0.25, 0.3) is 5.57 Å². The van der Waals surface area contributed by atoms with Gasteiger partial charge in [-0.15, -0.1) is 12.6 Å². The number of hydrogen-bond acceptors (Lipinski definition) is 3. The number of anilines is 1. The minimum absolute atomic E-state index is 0.742. The Morgan fingerprint density at radius 1 is 1.36 bits per heavy atom. The third kappa shape index (κ3) is 1.94. The molecule has 0 fully saturated rings. The normalized spacial score (nSPS) is 16.5. The van der Waals surface area contributed by atoms with Crippen molar-refractivity contribution < 1.29 is 0 Å². The molecule has 0 amide bonds. The molecule has 1 aliphatic rings. The summed E-state index contributed by atoms with van der Waals surface area (Å²) in [6.07, 6.45) is 3.30. The van der Waals surface area contributed by atoms with Crippen LogP contribution in [0, 0.1) is 0 Å². The van der Waals surface area contributed by atoms with Gasteiger partial charge in [0.2, 0.25) is 0 Å². The summed E-state index contributed by atoms with van der Waals surface area (Å²) in [5.74, 6) is 0. The van der Waals surface area contributed by atoms with Crippen LogP contribution in [0.4, 0.5) is 5.69 Å². The molecule has 2 nitrogen and oxygen atoms in total. The molecule has 2 rings (SSSR count). The zero-order valence-corrected chi connectivity index (χ0v) is 8.85. The molecule has 0 saturated carbocycles. The highest BCUT2D eigenvalue weighted by Crippen LogP contribution is 2.25. The lowest BCUT2D eigenvalue weighted by Crippen LogP contribution is -2.20. The van der Waals surface area contributed by atoms with Crippen molar-refractivity contribution in [3.8, 4) is 0 Å². The van der Waals surface area contributed by atoms with Crippen molar-refractivity contribution in [3.63, 3.8) is 0 Å². The van der Waals surface area contributed by atoms with Crippen LogP contribution in [-0.2, 0) is 0 Å². The molecule has 0 atom stereocenters. The van der Waals surface area contributed by atoms with Gasteiger partial charge in [-0.2, -0.15) is 0 Å². The molecule has 74 valence electrons. The molecule has 1 aromatic rings. The van der Waals surface area contributed by atoms with E-state index in [1.165, 1.54) is 11.1 Å². The van der Waals surface area contributed by atoms with Crippen LogP contribution in [0.1, 0.15) is 12.0 Å². The summed E-state index contributed by atoms with van der Waals surface area (Å²) >= 11 is 4.32. The predicted octanol–water partition coefficient (Wildman–Crippen LogP) is 1.93. The zero-order valence-electron chi connectivity index (χ0n) is 7.96. The first-order valence-corrected chi connectivity index (χ1v) is 5.21. The summed E-state index contributed by atoms with van der Waals surface area (Å²) in [4.78, 5) is 0.863. The van der Waals surface area contributed by atoms with Crippen LogP contribution in [0.2, 0.25) is 0 Å². The van der Waals surface area contributed by atoms with Gasteiger partial charge in [0, 0.05) is 17.1 Å². The fraction of sp³-hybridized carbons (Fsp3) is 0.273. The van der Waals surface area contributed by atoms with E-state index in [-0.39, 0.29) is 0 Å². The first-order chi connectivity index (χ1) is 6.77. The smallest absolute Gasteiger partial charge is 0.0450 e. The van der Waals surface area contributed by atoms with E-state index in [2.05, 4.69) is 30.1 Å². The third-order valence-electron chi connectivity index (χ3n) is 2.47. The maximum absolute atomic E-state index is 5.71. The number of hydrogen-bond donors (Lipinski definition) is 3. The van der Waals surface area contributed by atoms with Crippen molar-refractivity contribution >= 4 is 23.9 Å². The lowest BCUT2D eigenvalue weighted by atomic mass is 10.0. The van der Waals surface area contributed by atoms with Crippen LogP contribution < -0.4 is 11.1 Å². The Hall–Kier alpha value is -0.930. The molecular weight excluding hydrogens is 192 g/mol. The standard InChI is InChI=1S/C11H14N2S/c12-10-2-1-9(7-11(10)14)8-3-5-13-6-4-8/h1-3,7,13-14H,4-6,12H2.